The van der Waals surface area contributed by atoms with Crippen molar-refractivity contribution in [1.82, 2.24) is 4.90 Å². The Labute approximate surface area is 165 Å². The van der Waals surface area contributed by atoms with E-state index in [0.717, 1.165) is 31.6 Å². The molecule has 3 unspecified atom stereocenters. The van der Waals surface area contributed by atoms with Crippen LogP contribution in [0.5, 0.6) is 0 Å². The minimum Gasteiger partial charge on any atom is -0.473 e. The first-order chi connectivity index (χ1) is 13.4. The fourth-order valence-electron chi connectivity index (χ4n) is 4.76. The van der Waals surface area contributed by atoms with Crippen molar-refractivity contribution >= 4 is 11.9 Å². The van der Waals surface area contributed by atoms with Crippen molar-refractivity contribution in [1.29, 1.82) is 0 Å². The van der Waals surface area contributed by atoms with Crippen LogP contribution in [0, 0.1) is 17.8 Å². The summed E-state index contributed by atoms with van der Waals surface area (Å²) in [7, 11) is 0. The summed E-state index contributed by atoms with van der Waals surface area (Å²) in [4.78, 5) is 20.6. The number of likely N-dealkylation sites (tertiary alicyclic amines) is 1. The van der Waals surface area contributed by atoms with E-state index in [1.54, 1.807) is 0 Å². The molecule has 0 spiro atoms. The SMILES string of the molecule is O=C(O)C(=O)O.OC1(C#CCN2CCCCC2)c2ccccc2C2CCCC21. The second-order valence-electron chi connectivity index (χ2n) is 7.75. The number of fused-ring (bicyclic) bond motifs is 3. The second kappa shape index (κ2) is 8.76. The maximum atomic E-state index is 11.4. The summed E-state index contributed by atoms with van der Waals surface area (Å²) >= 11 is 0. The van der Waals surface area contributed by atoms with Crippen molar-refractivity contribution in [2.75, 3.05) is 19.6 Å². The molecule has 4 rings (SSSR count). The Bertz CT molecular complexity index is 778. The van der Waals surface area contributed by atoms with Gasteiger partial charge in [-0.2, -0.15) is 0 Å². The number of nitrogens with zero attached hydrogens (tertiary/aromatic N) is 1. The number of aliphatic carboxylic acids is 2. The smallest absolute Gasteiger partial charge is 0.414 e. The summed E-state index contributed by atoms with van der Waals surface area (Å²) in [6.45, 7) is 3.13. The second-order valence-corrected chi connectivity index (χ2v) is 7.75. The number of carbonyl (C=O) groups is 2. The summed E-state index contributed by atoms with van der Waals surface area (Å²) < 4.78 is 0. The Morgan fingerprint density at radius 2 is 1.71 bits per heavy atom. The number of hydrogen-bond donors (Lipinski definition) is 3. The molecule has 1 saturated carbocycles. The number of carboxylic acids is 2. The number of aliphatic hydroxyl groups is 1. The Balaban J connectivity index is 0.000000330. The monoisotopic (exact) mass is 385 g/mol. The van der Waals surface area contributed by atoms with Crippen LogP contribution in [0.1, 0.15) is 55.6 Å². The van der Waals surface area contributed by atoms with E-state index < -0.39 is 17.5 Å². The normalized spacial score (nSPS) is 28.2. The zero-order chi connectivity index (χ0) is 20.1. The average molecular weight is 385 g/mol. The van der Waals surface area contributed by atoms with Crippen LogP contribution in [0.2, 0.25) is 0 Å². The molecule has 6 heteroatoms. The van der Waals surface area contributed by atoms with Gasteiger partial charge in [0.1, 0.15) is 0 Å². The molecule has 0 radical (unpaired) electrons. The lowest BCUT2D eigenvalue weighted by molar-refractivity contribution is -0.159. The highest BCUT2D eigenvalue weighted by atomic mass is 16.4. The Hall–Kier alpha value is -2.36. The topological polar surface area (TPSA) is 98.1 Å². The highest BCUT2D eigenvalue weighted by Crippen LogP contribution is 2.56. The van der Waals surface area contributed by atoms with Gasteiger partial charge in [0, 0.05) is 5.92 Å². The minimum absolute atomic E-state index is 0.304. The standard InChI is InChI=1S/C20H25NO.C2H2O4/c22-20(12-7-15-21-13-4-1-5-14-21)18-10-3-2-8-16(18)17-9-6-11-19(17)20;3-1(4)2(5)6/h2-3,8,10,17,19,22H,1,4-6,9,11,13-15H2;(H,3,4)(H,5,6). The van der Waals surface area contributed by atoms with Crippen molar-refractivity contribution < 1.29 is 24.9 Å². The first-order valence-electron chi connectivity index (χ1n) is 9.94. The van der Waals surface area contributed by atoms with Crippen molar-refractivity contribution in [2.24, 2.45) is 5.92 Å². The fraction of sp³-hybridized carbons (Fsp3) is 0.545. The Kier molecular flexibility index (Phi) is 6.38. The zero-order valence-electron chi connectivity index (χ0n) is 15.9. The van der Waals surface area contributed by atoms with Gasteiger partial charge in [-0.3, -0.25) is 4.90 Å². The molecule has 3 N–H and O–H groups in total. The molecule has 3 atom stereocenters. The first kappa shape index (κ1) is 20.4. The van der Waals surface area contributed by atoms with Crippen LogP contribution < -0.4 is 0 Å². The average Bonchev–Trinajstić information content (AvgIpc) is 3.27. The van der Waals surface area contributed by atoms with Gasteiger partial charge in [0.25, 0.3) is 0 Å². The van der Waals surface area contributed by atoms with Crippen molar-refractivity contribution in [3.05, 3.63) is 35.4 Å². The van der Waals surface area contributed by atoms with E-state index >= 15 is 0 Å². The molecular weight excluding hydrogens is 358 g/mol. The molecule has 1 heterocycles. The van der Waals surface area contributed by atoms with Crippen molar-refractivity contribution in [3.63, 3.8) is 0 Å². The summed E-state index contributed by atoms with van der Waals surface area (Å²) in [5, 5.41) is 26.1. The lowest BCUT2D eigenvalue weighted by Crippen LogP contribution is -2.32. The van der Waals surface area contributed by atoms with Crippen LogP contribution in [0.25, 0.3) is 0 Å². The molecule has 1 saturated heterocycles. The summed E-state index contributed by atoms with van der Waals surface area (Å²) in [6, 6.07) is 8.42. The van der Waals surface area contributed by atoms with E-state index in [2.05, 4.69) is 34.9 Å². The lowest BCUT2D eigenvalue weighted by Gasteiger charge is -2.26. The number of carboxylic acid groups (broad SMARTS) is 2. The van der Waals surface area contributed by atoms with Gasteiger partial charge >= 0.3 is 11.9 Å². The summed E-state index contributed by atoms with van der Waals surface area (Å²) in [5.41, 5.74) is 1.52. The minimum atomic E-state index is -1.82. The number of rotatable bonds is 1. The van der Waals surface area contributed by atoms with Crippen LogP contribution in [0.4, 0.5) is 0 Å². The van der Waals surface area contributed by atoms with Gasteiger partial charge in [-0.05, 0) is 55.8 Å². The van der Waals surface area contributed by atoms with Gasteiger partial charge in [0.2, 0.25) is 0 Å². The van der Waals surface area contributed by atoms with Gasteiger partial charge in [0.15, 0.2) is 5.60 Å². The molecular formula is C22H27NO5. The van der Waals surface area contributed by atoms with Crippen LogP contribution in [0.3, 0.4) is 0 Å². The third-order valence-electron chi connectivity index (χ3n) is 6.04. The van der Waals surface area contributed by atoms with Gasteiger partial charge in [0.05, 0.1) is 6.54 Å². The molecule has 1 aromatic carbocycles. The molecule has 0 aromatic heterocycles. The van der Waals surface area contributed by atoms with Crippen LogP contribution >= 0.6 is 0 Å². The fourth-order valence-corrected chi connectivity index (χ4v) is 4.76. The van der Waals surface area contributed by atoms with Gasteiger partial charge in [-0.25, -0.2) is 9.59 Å². The highest BCUT2D eigenvalue weighted by molar-refractivity contribution is 6.27. The largest absolute Gasteiger partial charge is 0.473 e. The molecule has 150 valence electrons. The van der Waals surface area contributed by atoms with Crippen LogP contribution in [0.15, 0.2) is 24.3 Å². The lowest BCUT2D eigenvalue weighted by atomic mass is 9.85. The summed E-state index contributed by atoms with van der Waals surface area (Å²) in [6.07, 6.45) is 7.47. The third kappa shape index (κ3) is 4.21. The number of benzene rings is 1. The van der Waals surface area contributed by atoms with Crippen molar-refractivity contribution in [2.45, 2.75) is 50.0 Å². The molecule has 6 nitrogen and oxygen atoms in total. The first-order valence-corrected chi connectivity index (χ1v) is 9.94. The van der Waals surface area contributed by atoms with E-state index in [4.69, 9.17) is 19.8 Å². The molecule has 1 aromatic rings. The predicted octanol–water partition coefficient (Wildman–Crippen LogP) is 2.42. The van der Waals surface area contributed by atoms with Gasteiger partial charge < -0.3 is 15.3 Å². The van der Waals surface area contributed by atoms with Crippen LogP contribution in [-0.2, 0) is 15.2 Å². The molecule has 3 aliphatic rings. The number of hydrogen-bond acceptors (Lipinski definition) is 4. The maximum absolute atomic E-state index is 11.4. The van der Waals surface area contributed by atoms with Gasteiger partial charge in [-0.1, -0.05) is 48.9 Å². The molecule has 1 aliphatic heterocycles. The molecule has 0 amide bonds. The predicted molar refractivity (Wildman–Crippen MR) is 104 cm³/mol. The highest BCUT2D eigenvalue weighted by Gasteiger charge is 2.51. The van der Waals surface area contributed by atoms with Crippen molar-refractivity contribution in [3.8, 4) is 11.8 Å². The van der Waals surface area contributed by atoms with E-state index in [1.165, 1.54) is 37.7 Å². The maximum Gasteiger partial charge on any atom is 0.414 e. The summed E-state index contributed by atoms with van der Waals surface area (Å²) in [5.74, 6) is 3.79. The number of piperidine rings is 1. The molecule has 2 aliphatic carbocycles. The third-order valence-corrected chi connectivity index (χ3v) is 6.04. The van der Waals surface area contributed by atoms with E-state index in [1.807, 2.05) is 6.07 Å². The van der Waals surface area contributed by atoms with Gasteiger partial charge in [-0.15, -0.1) is 0 Å². The zero-order valence-corrected chi connectivity index (χ0v) is 15.9. The van der Waals surface area contributed by atoms with E-state index in [-0.39, 0.29) is 0 Å². The molecule has 0 bridgehead atoms. The Morgan fingerprint density at radius 1 is 1.04 bits per heavy atom. The van der Waals surface area contributed by atoms with E-state index in [0.29, 0.717) is 11.8 Å². The Morgan fingerprint density at radius 3 is 2.39 bits per heavy atom. The molecule has 2 fully saturated rings. The quantitative estimate of drug-likeness (QED) is 0.507. The molecule has 28 heavy (non-hydrogen) atoms. The van der Waals surface area contributed by atoms with Crippen LogP contribution in [-0.4, -0.2) is 51.8 Å². The van der Waals surface area contributed by atoms with E-state index in [9.17, 15) is 5.11 Å².